The summed E-state index contributed by atoms with van der Waals surface area (Å²) in [5.74, 6) is -1.49. The number of carbonyl (C=O) groups is 2. The summed E-state index contributed by atoms with van der Waals surface area (Å²) < 4.78 is 47.4. The highest BCUT2D eigenvalue weighted by Gasteiger charge is 2.41. The van der Waals surface area contributed by atoms with Crippen LogP contribution in [0.25, 0.3) is 5.69 Å². The van der Waals surface area contributed by atoms with Crippen LogP contribution in [0.1, 0.15) is 29.4 Å². The monoisotopic (exact) mass is 448 g/mol. The molecule has 0 saturated carbocycles. The van der Waals surface area contributed by atoms with Gasteiger partial charge in [-0.25, -0.2) is 9.48 Å². The zero-order valence-electron chi connectivity index (χ0n) is 16.9. The highest BCUT2D eigenvalue weighted by molar-refractivity contribution is 5.91. The molecule has 0 radical (unpaired) electrons. The summed E-state index contributed by atoms with van der Waals surface area (Å²) in [4.78, 5) is 35.7. The largest absolute Gasteiger partial charge is 0.462 e. The molecule has 0 fully saturated rings. The minimum absolute atomic E-state index is 0.0337. The molecule has 168 valence electrons. The number of aryl methyl sites for hydroxylation is 1. The van der Waals surface area contributed by atoms with Crippen LogP contribution < -0.4 is 10.9 Å². The number of amides is 1. The Labute approximate surface area is 180 Å². The third-order valence-corrected chi connectivity index (χ3v) is 4.41. The fourth-order valence-electron chi connectivity index (χ4n) is 2.95. The van der Waals surface area contributed by atoms with Crippen LogP contribution in [0.5, 0.6) is 0 Å². The smallest absolute Gasteiger partial charge is 0.434 e. The van der Waals surface area contributed by atoms with Crippen LogP contribution in [0.3, 0.4) is 0 Å². The second-order valence-electron chi connectivity index (χ2n) is 6.61. The van der Waals surface area contributed by atoms with Gasteiger partial charge in [-0.3, -0.25) is 9.59 Å². The quantitative estimate of drug-likeness (QED) is 0.560. The fraction of sp³-hybridized carbons (Fsp3) is 0.238. The number of ether oxygens (including phenoxy) is 1. The Hall–Kier alpha value is -3.89. The van der Waals surface area contributed by atoms with E-state index < -0.39 is 23.4 Å². The van der Waals surface area contributed by atoms with Crippen molar-refractivity contribution in [3.63, 3.8) is 0 Å². The van der Waals surface area contributed by atoms with E-state index in [9.17, 15) is 27.6 Å². The maximum atomic E-state index is 13.6. The van der Waals surface area contributed by atoms with Gasteiger partial charge >= 0.3 is 12.1 Å². The molecule has 0 atom stereocenters. The number of aromatic nitrogens is 3. The molecule has 0 aliphatic heterocycles. The van der Waals surface area contributed by atoms with E-state index in [1.807, 2.05) is 0 Å². The Morgan fingerprint density at radius 1 is 1.12 bits per heavy atom. The predicted octanol–water partition coefficient (Wildman–Crippen LogP) is 3.26. The van der Waals surface area contributed by atoms with Crippen LogP contribution in [0, 0.1) is 0 Å². The van der Waals surface area contributed by atoms with E-state index in [0.29, 0.717) is 10.4 Å². The summed E-state index contributed by atoms with van der Waals surface area (Å²) in [6.07, 6.45) is -2.44. The number of pyridine rings is 1. The molecule has 0 aliphatic rings. The Bertz CT molecular complexity index is 1170. The van der Waals surface area contributed by atoms with E-state index in [4.69, 9.17) is 0 Å². The normalized spacial score (nSPS) is 11.2. The zero-order chi connectivity index (χ0) is 23.3. The van der Waals surface area contributed by atoms with E-state index in [1.54, 1.807) is 18.3 Å². The van der Waals surface area contributed by atoms with Crippen LogP contribution in [0.4, 0.5) is 18.9 Å². The van der Waals surface area contributed by atoms with E-state index in [0.717, 1.165) is 6.20 Å². The van der Waals surface area contributed by atoms with Gasteiger partial charge in [-0.15, -0.1) is 0 Å². The number of alkyl halides is 3. The lowest BCUT2D eigenvalue weighted by Gasteiger charge is -2.13. The molecule has 0 unspecified atom stereocenters. The van der Waals surface area contributed by atoms with Gasteiger partial charge in [0.15, 0.2) is 5.69 Å². The van der Waals surface area contributed by atoms with Gasteiger partial charge < -0.3 is 14.6 Å². The maximum absolute atomic E-state index is 13.6. The Balaban J connectivity index is 1.74. The van der Waals surface area contributed by atoms with E-state index in [-0.39, 0.29) is 36.7 Å². The summed E-state index contributed by atoms with van der Waals surface area (Å²) in [6.45, 7) is 1.60. The number of hydrogen-bond acceptors (Lipinski definition) is 5. The fourth-order valence-corrected chi connectivity index (χ4v) is 2.95. The van der Waals surface area contributed by atoms with Gasteiger partial charge in [-0.1, -0.05) is 6.07 Å². The molecule has 32 heavy (non-hydrogen) atoms. The van der Waals surface area contributed by atoms with Crippen LogP contribution >= 0.6 is 0 Å². The average Bonchev–Trinajstić information content (AvgIpc) is 3.20. The second-order valence-corrected chi connectivity index (χ2v) is 6.61. The van der Waals surface area contributed by atoms with E-state index in [1.165, 1.54) is 41.8 Å². The van der Waals surface area contributed by atoms with Crippen LogP contribution in [0.15, 0.2) is 59.7 Å². The topological polar surface area (TPSA) is 95.2 Å². The summed E-state index contributed by atoms with van der Waals surface area (Å²) in [5.41, 5.74) is -1.77. The number of benzene rings is 1. The van der Waals surface area contributed by atoms with Gasteiger partial charge in [0.2, 0.25) is 5.91 Å². The number of nitrogens with one attached hydrogen (secondary N) is 1. The predicted molar refractivity (Wildman–Crippen MR) is 108 cm³/mol. The highest BCUT2D eigenvalue weighted by atomic mass is 19.4. The highest BCUT2D eigenvalue weighted by Crippen LogP contribution is 2.34. The van der Waals surface area contributed by atoms with Crippen molar-refractivity contribution in [1.82, 2.24) is 14.3 Å². The summed E-state index contributed by atoms with van der Waals surface area (Å²) in [5, 5.41) is 6.31. The molecular formula is C21H19F3N4O4. The Morgan fingerprint density at radius 2 is 1.84 bits per heavy atom. The summed E-state index contributed by atoms with van der Waals surface area (Å²) in [6, 6.07) is 10.1. The summed E-state index contributed by atoms with van der Waals surface area (Å²) in [7, 11) is 0. The van der Waals surface area contributed by atoms with E-state index in [2.05, 4.69) is 15.2 Å². The van der Waals surface area contributed by atoms with Gasteiger partial charge in [0.05, 0.1) is 18.5 Å². The number of rotatable bonds is 7. The lowest BCUT2D eigenvalue weighted by molar-refractivity contribution is -0.143. The van der Waals surface area contributed by atoms with Crippen LogP contribution in [-0.2, 0) is 22.3 Å². The van der Waals surface area contributed by atoms with Gasteiger partial charge in [-0.2, -0.15) is 18.3 Å². The van der Waals surface area contributed by atoms with Crippen molar-refractivity contribution in [1.29, 1.82) is 0 Å². The lowest BCUT2D eigenvalue weighted by Crippen LogP contribution is -2.21. The molecule has 3 rings (SSSR count). The second kappa shape index (κ2) is 9.50. The van der Waals surface area contributed by atoms with Crippen molar-refractivity contribution < 1.29 is 27.5 Å². The molecule has 0 aliphatic carbocycles. The van der Waals surface area contributed by atoms with Gasteiger partial charge in [0.25, 0.3) is 5.56 Å². The molecule has 1 amide bonds. The van der Waals surface area contributed by atoms with Crippen LogP contribution in [-0.4, -0.2) is 32.8 Å². The number of nitrogens with zero attached hydrogens (tertiary/aromatic N) is 3. The third-order valence-electron chi connectivity index (χ3n) is 4.41. The molecule has 3 aromatic rings. The molecule has 0 spiro atoms. The number of hydrogen-bond donors (Lipinski definition) is 1. The van der Waals surface area contributed by atoms with Crippen molar-refractivity contribution in [3.05, 3.63) is 76.5 Å². The molecular weight excluding hydrogens is 429 g/mol. The standard InChI is InChI=1S/C21H19F3N4O4/c1-2-32-20(31)16-13-25-28(19(16)21(22,23)24)15-8-6-14(7-9-15)26-17(29)10-12-27-11-4-3-5-18(27)30/h3-9,11,13H,2,10,12H2,1H3,(H,26,29). The summed E-state index contributed by atoms with van der Waals surface area (Å²) >= 11 is 0. The first-order chi connectivity index (χ1) is 15.2. The van der Waals surface area contributed by atoms with Crippen molar-refractivity contribution in [2.24, 2.45) is 0 Å². The third kappa shape index (κ3) is 5.23. The number of carbonyl (C=O) groups excluding carboxylic acids is 2. The average molecular weight is 448 g/mol. The first-order valence-corrected chi connectivity index (χ1v) is 9.58. The Kier molecular flexibility index (Phi) is 6.76. The zero-order valence-corrected chi connectivity index (χ0v) is 16.9. The van der Waals surface area contributed by atoms with Crippen molar-refractivity contribution >= 4 is 17.6 Å². The lowest BCUT2D eigenvalue weighted by atomic mass is 10.2. The number of halogens is 3. The van der Waals surface area contributed by atoms with Gasteiger partial charge in [0.1, 0.15) is 5.56 Å². The van der Waals surface area contributed by atoms with Crippen molar-refractivity contribution in [2.45, 2.75) is 26.1 Å². The maximum Gasteiger partial charge on any atom is 0.434 e. The first-order valence-electron chi connectivity index (χ1n) is 9.58. The molecule has 2 aromatic heterocycles. The minimum Gasteiger partial charge on any atom is -0.462 e. The molecule has 1 N–H and O–H groups in total. The first kappa shape index (κ1) is 22.8. The van der Waals surface area contributed by atoms with Crippen LogP contribution in [0.2, 0.25) is 0 Å². The minimum atomic E-state index is -4.85. The molecule has 1 aromatic carbocycles. The van der Waals surface area contributed by atoms with Gasteiger partial charge in [-0.05, 0) is 37.3 Å². The SMILES string of the molecule is CCOC(=O)c1cnn(-c2ccc(NC(=O)CCn3ccccc3=O)cc2)c1C(F)(F)F. The molecule has 0 saturated heterocycles. The van der Waals surface area contributed by atoms with Gasteiger partial charge in [0, 0.05) is 30.9 Å². The number of esters is 1. The molecule has 0 bridgehead atoms. The Morgan fingerprint density at radius 3 is 2.47 bits per heavy atom. The van der Waals surface area contributed by atoms with Crippen molar-refractivity contribution in [3.8, 4) is 5.69 Å². The molecule has 2 heterocycles. The molecule has 8 nitrogen and oxygen atoms in total. The molecule has 11 heteroatoms. The van der Waals surface area contributed by atoms with E-state index >= 15 is 0 Å². The van der Waals surface area contributed by atoms with Crippen molar-refractivity contribution in [2.75, 3.05) is 11.9 Å². The number of anilines is 1.